The third kappa shape index (κ3) is 6.11. The second-order valence-electron chi connectivity index (χ2n) is 10.2. The minimum Gasteiger partial charge on any atom is -0.471 e. The van der Waals surface area contributed by atoms with Gasteiger partial charge in [-0.25, -0.2) is 9.78 Å². The van der Waals surface area contributed by atoms with Crippen molar-refractivity contribution in [3.05, 3.63) is 68.6 Å². The van der Waals surface area contributed by atoms with Gasteiger partial charge in [-0.3, -0.25) is 0 Å². The lowest BCUT2D eigenvalue weighted by Gasteiger charge is -2.37. The Bertz CT molecular complexity index is 1270. The predicted molar refractivity (Wildman–Crippen MR) is 144 cm³/mol. The van der Waals surface area contributed by atoms with Crippen molar-refractivity contribution in [3.63, 3.8) is 0 Å². The maximum absolute atomic E-state index is 12.7. The number of ether oxygens (including phenoxy) is 2. The number of halogens is 3. The van der Waals surface area contributed by atoms with Gasteiger partial charge in [0.15, 0.2) is 0 Å². The van der Waals surface area contributed by atoms with E-state index in [4.69, 9.17) is 37.7 Å². The molecule has 1 N–H and O–H groups in total. The SMILES string of the molecule is CC(C)(C)OC(=O)NC1CC(C)(C)Oc2nc(-c3ccc(Br)cc3Cl)c(-c3ccc(Cl)cc3)cc21. The van der Waals surface area contributed by atoms with Crippen LogP contribution in [0.4, 0.5) is 4.79 Å². The molecular weight excluding hydrogens is 551 g/mol. The molecule has 0 aliphatic carbocycles. The van der Waals surface area contributed by atoms with E-state index >= 15 is 0 Å². The molecule has 1 aliphatic rings. The summed E-state index contributed by atoms with van der Waals surface area (Å²) in [5.41, 5.74) is 2.83. The van der Waals surface area contributed by atoms with Crippen molar-refractivity contribution in [1.29, 1.82) is 0 Å². The lowest BCUT2D eigenvalue weighted by molar-refractivity contribution is 0.0367. The normalized spacial score (nSPS) is 16.7. The summed E-state index contributed by atoms with van der Waals surface area (Å²) in [5, 5.41) is 4.21. The van der Waals surface area contributed by atoms with Gasteiger partial charge >= 0.3 is 6.09 Å². The van der Waals surface area contributed by atoms with E-state index in [0.717, 1.165) is 26.7 Å². The summed E-state index contributed by atoms with van der Waals surface area (Å²) in [6.07, 6.45) is 0.0681. The first-order valence-corrected chi connectivity index (χ1v) is 12.8. The summed E-state index contributed by atoms with van der Waals surface area (Å²) in [6.45, 7) is 9.45. The molecule has 2 aromatic carbocycles. The van der Waals surface area contributed by atoms with Gasteiger partial charge in [0.2, 0.25) is 5.88 Å². The van der Waals surface area contributed by atoms with E-state index in [-0.39, 0.29) is 6.04 Å². The molecule has 1 atom stereocenters. The van der Waals surface area contributed by atoms with Crippen LogP contribution in [0.15, 0.2) is 53.0 Å². The third-order valence-electron chi connectivity index (χ3n) is 5.49. The number of fused-ring (bicyclic) bond motifs is 1. The first-order valence-electron chi connectivity index (χ1n) is 11.3. The second-order valence-corrected chi connectivity index (χ2v) is 11.9. The highest BCUT2D eigenvalue weighted by molar-refractivity contribution is 9.10. The average molecular weight is 578 g/mol. The Morgan fingerprint density at radius 3 is 2.43 bits per heavy atom. The van der Waals surface area contributed by atoms with E-state index in [0.29, 0.717) is 28.0 Å². The van der Waals surface area contributed by atoms with E-state index in [1.54, 1.807) is 0 Å². The smallest absolute Gasteiger partial charge is 0.408 e. The highest BCUT2D eigenvalue weighted by Gasteiger charge is 2.37. The van der Waals surface area contributed by atoms with Gasteiger partial charge < -0.3 is 14.8 Å². The number of hydrogen-bond acceptors (Lipinski definition) is 4. The van der Waals surface area contributed by atoms with Crippen molar-refractivity contribution in [1.82, 2.24) is 10.3 Å². The predicted octanol–water partition coefficient (Wildman–Crippen LogP) is 8.61. The van der Waals surface area contributed by atoms with Crippen molar-refractivity contribution >= 4 is 45.2 Å². The molecule has 1 aromatic heterocycles. The van der Waals surface area contributed by atoms with Gasteiger partial charge in [-0.1, -0.05) is 57.3 Å². The number of nitrogens with one attached hydrogen (secondary N) is 1. The fraction of sp³-hybridized carbons (Fsp3) is 0.333. The zero-order valence-corrected chi connectivity index (χ0v) is 23.3. The van der Waals surface area contributed by atoms with Gasteiger partial charge in [0, 0.05) is 32.6 Å². The van der Waals surface area contributed by atoms with Crippen molar-refractivity contribution in [2.45, 2.75) is 58.3 Å². The molecule has 1 amide bonds. The summed E-state index contributed by atoms with van der Waals surface area (Å²) in [4.78, 5) is 17.6. The number of amides is 1. The molecule has 0 radical (unpaired) electrons. The van der Waals surface area contributed by atoms with Crippen LogP contribution >= 0.6 is 39.1 Å². The van der Waals surface area contributed by atoms with Crippen LogP contribution in [0.25, 0.3) is 22.4 Å². The van der Waals surface area contributed by atoms with Crippen molar-refractivity contribution < 1.29 is 14.3 Å². The molecule has 0 saturated carbocycles. The highest BCUT2D eigenvalue weighted by atomic mass is 79.9. The largest absolute Gasteiger partial charge is 0.471 e. The molecule has 184 valence electrons. The molecule has 35 heavy (non-hydrogen) atoms. The molecule has 0 bridgehead atoms. The van der Waals surface area contributed by atoms with E-state index in [9.17, 15) is 4.79 Å². The van der Waals surface area contributed by atoms with Crippen LogP contribution in [0.5, 0.6) is 5.88 Å². The van der Waals surface area contributed by atoms with E-state index in [1.807, 2.05) is 83.1 Å². The molecule has 4 rings (SSSR count). The van der Waals surface area contributed by atoms with Gasteiger partial charge in [0.1, 0.15) is 11.2 Å². The Kier molecular flexibility index (Phi) is 7.11. The number of aromatic nitrogens is 1. The van der Waals surface area contributed by atoms with Crippen LogP contribution in [0.2, 0.25) is 10.0 Å². The van der Waals surface area contributed by atoms with Crippen molar-refractivity contribution in [3.8, 4) is 28.3 Å². The van der Waals surface area contributed by atoms with E-state index in [2.05, 4.69) is 21.2 Å². The van der Waals surface area contributed by atoms with E-state index in [1.165, 1.54) is 0 Å². The number of alkyl carbamates (subject to hydrolysis) is 1. The quantitative estimate of drug-likeness (QED) is 0.338. The average Bonchev–Trinajstić information content (AvgIpc) is 2.71. The van der Waals surface area contributed by atoms with Crippen molar-refractivity contribution in [2.75, 3.05) is 0 Å². The summed E-state index contributed by atoms with van der Waals surface area (Å²) in [6, 6.07) is 14.9. The summed E-state index contributed by atoms with van der Waals surface area (Å²) >= 11 is 16.3. The zero-order chi connectivity index (χ0) is 25.5. The molecule has 5 nitrogen and oxygen atoms in total. The molecule has 0 fully saturated rings. The molecule has 1 unspecified atom stereocenters. The first-order chi connectivity index (χ1) is 16.3. The fourth-order valence-electron chi connectivity index (χ4n) is 4.06. The Morgan fingerprint density at radius 1 is 1.11 bits per heavy atom. The maximum atomic E-state index is 12.7. The first kappa shape index (κ1) is 25.8. The molecule has 2 heterocycles. The minimum absolute atomic E-state index is 0.350. The van der Waals surface area contributed by atoms with Crippen LogP contribution in [0, 0.1) is 0 Å². The number of carbonyl (C=O) groups is 1. The summed E-state index contributed by atoms with van der Waals surface area (Å²) < 4.78 is 12.7. The Labute approximate surface area is 224 Å². The lowest BCUT2D eigenvalue weighted by Crippen LogP contribution is -2.43. The molecule has 0 saturated heterocycles. The van der Waals surface area contributed by atoms with Gasteiger partial charge in [-0.05, 0) is 70.5 Å². The standard InChI is InChI=1S/C27H27BrCl2N2O3/c1-26(2,3)35-25(33)31-22-14-27(4,5)34-24-20(22)13-19(15-6-9-17(29)10-7-15)23(32-24)18-11-8-16(28)12-21(18)30/h6-13,22H,14H2,1-5H3,(H,31,33). The minimum atomic E-state index is -0.609. The third-order valence-corrected chi connectivity index (χ3v) is 6.55. The number of rotatable bonds is 3. The highest BCUT2D eigenvalue weighted by Crippen LogP contribution is 2.45. The van der Waals surface area contributed by atoms with Crippen LogP contribution in [0.1, 0.15) is 52.6 Å². The molecule has 0 spiro atoms. The van der Waals surface area contributed by atoms with Gasteiger partial charge in [-0.15, -0.1) is 0 Å². The van der Waals surface area contributed by atoms with Crippen LogP contribution < -0.4 is 10.1 Å². The number of benzene rings is 2. The number of pyridine rings is 1. The summed E-state index contributed by atoms with van der Waals surface area (Å²) in [5.74, 6) is 0.453. The molecule has 1 aliphatic heterocycles. The van der Waals surface area contributed by atoms with Gasteiger partial charge in [0.25, 0.3) is 0 Å². The second kappa shape index (κ2) is 9.64. The number of carbonyl (C=O) groups excluding carboxylic acids is 1. The number of hydrogen-bond donors (Lipinski definition) is 1. The fourth-order valence-corrected chi connectivity index (χ4v) is 4.95. The van der Waals surface area contributed by atoms with Crippen LogP contribution in [-0.4, -0.2) is 22.3 Å². The molecule has 3 aromatic rings. The van der Waals surface area contributed by atoms with Crippen LogP contribution in [0.3, 0.4) is 0 Å². The van der Waals surface area contributed by atoms with Crippen LogP contribution in [-0.2, 0) is 4.74 Å². The van der Waals surface area contributed by atoms with E-state index < -0.39 is 17.3 Å². The topological polar surface area (TPSA) is 60.5 Å². The maximum Gasteiger partial charge on any atom is 0.408 e. The van der Waals surface area contributed by atoms with Crippen molar-refractivity contribution in [2.24, 2.45) is 0 Å². The molecular formula is C27H27BrCl2N2O3. The number of nitrogens with zero attached hydrogens (tertiary/aromatic N) is 1. The zero-order valence-electron chi connectivity index (χ0n) is 20.2. The lowest BCUT2D eigenvalue weighted by atomic mass is 9.88. The van der Waals surface area contributed by atoms with Gasteiger partial charge in [0.05, 0.1) is 16.8 Å². The van der Waals surface area contributed by atoms with Gasteiger partial charge in [-0.2, -0.15) is 0 Å². The Balaban J connectivity index is 1.88. The Morgan fingerprint density at radius 2 is 1.80 bits per heavy atom. The Hall–Kier alpha value is -2.28. The summed E-state index contributed by atoms with van der Waals surface area (Å²) in [7, 11) is 0. The monoisotopic (exact) mass is 576 g/mol. The molecule has 8 heteroatoms.